The molecule has 2 N–H and O–H groups in total. The fraction of sp³-hybridized carbons (Fsp3) is 0.250. The SMILES string of the molecule is CCn1cc(-c2cc(C)c(OCc3ccccc3)c(CN)c2)cn1. The third-order valence-electron chi connectivity index (χ3n) is 4.09. The molecule has 1 aromatic heterocycles. The third-order valence-corrected chi connectivity index (χ3v) is 4.09. The Hall–Kier alpha value is -2.59. The summed E-state index contributed by atoms with van der Waals surface area (Å²) < 4.78 is 7.98. The van der Waals surface area contributed by atoms with Crippen molar-refractivity contribution in [1.82, 2.24) is 9.78 Å². The van der Waals surface area contributed by atoms with Gasteiger partial charge in [0.05, 0.1) is 6.20 Å². The minimum Gasteiger partial charge on any atom is -0.488 e. The first-order chi connectivity index (χ1) is 11.7. The van der Waals surface area contributed by atoms with Crippen LogP contribution in [0, 0.1) is 6.92 Å². The lowest BCUT2D eigenvalue weighted by atomic mass is 10.0. The number of benzene rings is 2. The van der Waals surface area contributed by atoms with Gasteiger partial charge in [0, 0.05) is 30.4 Å². The largest absolute Gasteiger partial charge is 0.488 e. The summed E-state index contributed by atoms with van der Waals surface area (Å²) >= 11 is 0. The summed E-state index contributed by atoms with van der Waals surface area (Å²) in [6.45, 7) is 5.99. The number of rotatable bonds is 6. The number of ether oxygens (including phenoxy) is 1. The summed E-state index contributed by atoms with van der Waals surface area (Å²) in [5.41, 5.74) is 11.4. The van der Waals surface area contributed by atoms with Gasteiger partial charge in [0.1, 0.15) is 12.4 Å². The van der Waals surface area contributed by atoms with Crippen LogP contribution in [0.25, 0.3) is 11.1 Å². The van der Waals surface area contributed by atoms with E-state index in [0.717, 1.165) is 40.1 Å². The lowest BCUT2D eigenvalue weighted by molar-refractivity contribution is 0.301. The van der Waals surface area contributed by atoms with Crippen LogP contribution in [-0.4, -0.2) is 9.78 Å². The highest BCUT2D eigenvalue weighted by atomic mass is 16.5. The second-order valence-electron chi connectivity index (χ2n) is 5.84. The molecule has 3 rings (SSSR count). The molecular formula is C20H23N3O. The Kier molecular flexibility index (Phi) is 4.96. The van der Waals surface area contributed by atoms with Gasteiger partial charge in [-0.15, -0.1) is 0 Å². The zero-order valence-corrected chi connectivity index (χ0v) is 14.2. The Morgan fingerprint density at radius 3 is 2.58 bits per heavy atom. The van der Waals surface area contributed by atoms with Crippen molar-refractivity contribution in [2.45, 2.75) is 33.5 Å². The van der Waals surface area contributed by atoms with Crippen LogP contribution in [0.1, 0.15) is 23.6 Å². The number of hydrogen-bond acceptors (Lipinski definition) is 3. The molecule has 0 saturated carbocycles. The maximum absolute atomic E-state index is 6.06. The molecule has 4 heteroatoms. The molecule has 0 spiro atoms. The number of nitrogens with zero attached hydrogens (tertiary/aromatic N) is 2. The number of hydrogen-bond donors (Lipinski definition) is 1. The Balaban J connectivity index is 1.87. The van der Waals surface area contributed by atoms with E-state index >= 15 is 0 Å². The van der Waals surface area contributed by atoms with Crippen molar-refractivity contribution in [3.63, 3.8) is 0 Å². The van der Waals surface area contributed by atoms with Crippen molar-refractivity contribution in [3.05, 3.63) is 71.5 Å². The lowest BCUT2D eigenvalue weighted by Gasteiger charge is -2.15. The normalized spacial score (nSPS) is 10.8. The molecule has 4 nitrogen and oxygen atoms in total. The Morgan fingerprint density at radius 2 is 1.92 bits per heavy atom. The molecule has 0 saturated heterocycles. The van der Waals surface area contributed by atoms with Crippen LogP contribution in [0.5, 0.6) is 5.75 Å². The molecule has 3 aromatic rings. The van der Waals surface area contributed by atoms with Crippen molar-refractivity contribution < 1.29 is 4.74 Å². The van der Waals surface area contributed by atoms with Gasteiger partial charge in [-0.3, -0.25) is 4.68 Å². The molecule has 0 atom stereocenters. The zero-order chi connectivity index (χ0) is 16.9. The van der Waals surface area contributed by atoms with E-state index in [1.807, 2.05) is 29.1 Å². The highest BCUT2D eigenvalue weighted by Crippen LogP contribution is 2.31. The van der Waals surface area contributed by atoms with Crippen molar-refractivity contribution in [2.24, 2.45) is 5.73 Å². The van der Waals surface area contributed by atoms with Crippen molar-refractivity contribution in [3.8, 4) is 16.9 Å². The monoisotopic (exact) mass is 321 g/mol. The van der Waals surface area contributed by atoms with Gasteiger partial charge in [0.2, 0.25) is 0 Å². The molecule has 0 aliphatic rings. The Labute approximate surface area is 142 Å². The summed E-state index contributed by atoms with van der Waals surface area (Å²) in [6, 6.07) is 14.4. The van der Waals surface area contributed by atoms with E-state index in [9.17, 15) is 0 Å². The molecule has 0 aliphatic heterocycles. The average Bonchev–Trinajstić information content (AvgIpc) is 3.10. The summed E-state index contributed by atoms with van der Waals surface area (Å²) in [4.78, 5) is 0. The van der Waals surface area contributed by atoms with Gasteiger partial charge in [0.25, 0.3) is 0 Å². The summed E-state index contributed by atoms with van der Waals surface area (Å²) in [5, 5.41) is 4.35. The molecule has 0 fully saturated rings. The van der Waals surface area contributed by atoms with Crippen LogP contribution >= 0.6 is 0 Å². The highest BCUT2D eigenvalue weighted by Gasteiger charge is 2.11. The highest BCUT2D eigenvalue weighted by molar-refractivity contribution is 5.66. The van der Waals surface area contributed by atoms with E-state index in [2.05, 4.69) is 49.4 Å². The minimum atomic E-state index is 0.445. The van der Waals surface area contributed by atoms with E-state index in [4.69, 9.17) is 10.5 Å². The summed E-state index contributed by atoms with van der Waals surface area (Å²) in [7, 11) is 0. The van der Waals surface area contributed by atoms with Crippen LogP contribution in [0.3, 0.4) is 0 Å². The minimum absolute atomic E-state index is 0.445. The van der Waals surface area contributed by atoms with E-state index in [0.29, 0.717) is 13.2 Å². The van der Waals surface area contributed by atoms with Gasteiger partial charge in [-0.25, -0.2) is 0 Å². The summed E-state index contributed by atoms with van der Waals surface area (Å²) in [6.07, 6.45) is 3.95. The number of aryl methyl sites for hydroxylation is 2. The van der Waals surface area contributed by atoms with Gasteiger partial charge < -0.3 is 10.5 Å². The second kappa shape index (κ2) is 7.32. The maximum atomic E-state index is 6.06. The van der Waals surface area contributed by atoms with E-state index < -0.39 is 0 Å². The van der Waals surface area contributed by atoms with Gasteiger partial charge in [0.15, 0.2) is 0 Å². The lowest BCUT2D eigenvalue weighted by Crippen LogP contribution is -2.05. The van der Waals surface area contributed by atoms with Crippen LogP contribution in [-0.2, 0) is 19.7 Å². The van der Waals surface area contributed by atoms with E-state index in [1.54, 1.807) is 0 Å². The molecule has 0 bridgehead atoms. The summed E-state index contributed by atoms with van der Waals surface area (Å²) in [5.74, 6) is 0.882. The van der Waals surface area contributed by atoms with Gasteiger partial charge in [-0.05, 0) is 42.7 Å². The molecule has 0 unspecified atom stereocenters. The van der Waals surface area contributed by atoms with Gasteiger partial charge >= 0.3 is 0 Å². The van der Waals surface area contributed by atoms with Crippen molar-refractivity contribution >= 4 is 0 Å². The first-order valence-electron chi connectivity index (χ1n) is 8.24. The fourth-order valence-corrected chi connectivity index (χ4v) is 2.79. The average molecular weight is 321 g/mol. The third kappa shape index (κ3) is 3.49. The van der Waals surface area contributed by atoms with E-state index in [1.165, 1.54) is 0 Å². The first-order valence-corrected chi connectivity index (χ1v) is 8.24. The fourth-order valence-electron chi connectivity index (χ4n) is 2.79. The zero-order valence-electron chi connectivity index (χ0n) is 14.2. The quantitative estimate of drug-likeness (QED) is 0.749. The molecule has 1 heterocycles. The Bertz CT molecular complexity index is 809. The first kappa shape index (κ1) is 16.3. The topological polar surface area (TPSA) is 53.1 Å². The molecule has 124 valence electrons. The number of aromatic nitrogens is 2. The molecule has 0 amide bonds. The second-order valence-corrected chi connectivity index (χ2v) is 5.84. The molecular weight excluding hydrogens is 298 g/mol. The van der Waals surface area contributed by atoms with Gasteiger partial charge in [-0.2, -0.15) is 5.10 Å². The maximum Gasteiger partial charge on any atom is 0.127 e. The van der Waals surface area contributed by atoms with Gasteiger partial charge in [-0.1, -0.05) is 30.3 Å². The Morgan fingerprint density at radius 1 is 1.12 bits per heavy atom. The van der Waals surface area contributed by atoms with Crippen LogP contribution < -0.4 is 10.5 Å². The molecule has 0 radical (unpaired) electrons. The molecule has 2 aromatic carbocycles. The predicted octanol–water partition coefficient (Wildman–Crippen LogP) is 3.92. The molecule has 24 heavy (non-hydrogen) atoms. The van der Waals surface area contributed by atoms with Crippen molar-refractivity contribution in [2.75, 3.05) is 0 Å². The van der Waals surface area contributed by atoms with Crippen molar-refractivity contribution in [1.29, 1.82) is 0 Å². The van der Waals surface area contributed by atoms with E-state index in [-0.39, 0.29) is 0 Å². The number of nitrogens with two attached hydrogens (primary N) is 1. The van der Waals surface area contributed by atoms with Crippen LogP contribution in [0.4, 0.5) is 0 Å². The molecule has 0 aliphatic carbocycles. The standard InChI is InChI=1S/C20H23N3O/c1-3-23-13-19(12-22-23)17-9-15(2)20(18(10-17)11-21)24-14-16-7-5-4-6-8-16/h4-10,12-13H,3,11,14,21H2,1-2H3. The van der Waals surface area contributed by atoms with Crippen LogP contribution in [0.2, 0.25) is 0 Å². The predicted molar refractivity (Wildman–Crippen MR) is 96.7 cm³/mol. The van der Waals surface area contributed by atoms with Crippen LogP contribution in [0.15, 0.2) is 54.9 Å². The smallest absolute Gasteiger partial charge is 0.127 e.